The number of hydrogen-bond donors (Lipinski definition) is 1. The number of rotatable bonds is 2. The van der Waals surface area contributed by atoms with Gasteiger partial charge in [-0.25, -0.2) is 0 Å². The Balaban J connectivity index is 1.52. The first-order chi connectivity index (χ1) is 9.95. The van der Waals surface area contributed by atoms with E-state index in [9.17, 15) is 13.2 Å². The van der Waals surface area contributed by atoms with Crippen LogP contribution < -0.4 is 5.32 Å². The molecule has 21 heavy (non-hydrogen) atoms. The third-order valence-electron chi connectivity index (χ3n) is 4.77. The average Bonchev–Trinajstić information content (AvgIpc) is 2.73. The molecule has 3 nitrogen and oxygen atoms in total. The number of nitrogens with one attached hydrogen (secondary N) is 1. The number of nitrogens with zero attached hydrogens (tertiary/aromatic N) is 1. The Bertz CT molecular complexity index is 680. The van der Waals surface area contributed by atoms with Gasteiger partial charge in [-0.1, -0.05) is 11.2 Å². The molecule has 0 bridgehead atoms. The molecule has 1 aromatic heterocycles. The van der Waals surface area contributed by atoms with Crippen molar-refractivity contribution in [2.75, 3.05) is 13.1 Å². The zero-order valence-electron chi connectivity index (χ0n) is 11.3. The number of halogens is 3. The van der Waals surface area contributed by atoms with Gasteiger partial charge in [-0.3, -0.25) is 0 Å². The quantitative estimate of drug-likeness (QED) is 0.923. The van der Waals surface area contributed by atoms with Crippen molar-refractivity contribution in [2.45, 2.75) is 25.4 Å². The molecule has 1 saturated heterocycles. The van der Waals surface area contributed by atoms with Crippen LogP contribution in [0.5, 0.6) is 0 Å². The number of hydrogen-bond acceptors (Lipinski definition) is 3. The molecule has 1 saturated carbocycles. The summed E-state index contributed by atoms with van der Waals surface area (Å²) in [6.45, 7) is 2.22. The van der Waals surface area contributed by atoms with E-state index in [0.29, 0.717) is 11.3 Å². The lowest BCUT2D eigenvalue weighted by Gasteiger charge is -2.54. The minimum Gasteiger partial charge on any atom is -0.356 e. The predicted molar refractivity (Wildman–Crippen MR) is 70.7 cm³/mol. The molecule has 1 aromatic carbocycles. The van der Waals surface area contributed by atoms with Crippen molar-refractivity contribution in [1.82, 2.24) is 10.5 Å². The van der Waals surface area contributed by atoms with E-state index >= 15 is 0 Å². The molecule has 4 rings (SSSR count). The third kappa shape index (κ3) is 2.12. The van der Waals surface area contributed by atoms with Crippen molar-refractivity contribution in [2.24, 2.45) is 11.3 Å². The van der Waals surface area contributed by atoms with E-state index in [1.165, 1.54) is 18.9 Å². The van der Waals surface area contributed by atoms with Crippen LogP contribution in [0, 0.1) is 11.3 Å². The summed E-state index contributed by atoms with van der Waals surface area (Å²) in [5.41, 5.74) is 0.829. The summed E-state index contributed by atoms with van der Waals surface area (Å²) in [7, 11) is 0. The van der Waals surface area contributed by atoms with Crippen molar-refractivity contribution in [1.29, 1.82) is 0 Å². The van der Waals surface area contributed by atoms with Gasteiger partial charge in [0.05, 0.1) is 5.39 Å². The maximum Gasteiger partial charge on any atom is 0.437 e. The normalized spacial score (nSPS) is 21.5. The summed E-state index contributed by atoms with van der Waals surface area (Å²) in [6, 6.07) is 4.93. The number of fused-ring (bicyclic) bond motifs is 1. The van der Waals surface area contributed by atoms with Gasteiger partial charge in [0, 0.05) is 13.1 Å². The molecule has 112 valence electrons. The molecule has 2 aliphatic rings. The van der Waals surface area contributed by atoms with Gasteiger partial charge in [-0.05, 0) is 48.3 Å². The SMILES string of the molecule is FC(F)(F)c1noc2cc(CC3CC4(CNC4)C3)ccc12. The van der Waals surface area contributed by atoms with Gasteiger partial charge < -0.3 is 9.84 Å². The largest absolute Gasteiger partial charge is 0.437 e. The first kappa shape index (κ1) is 13.1. The van der Waals surface area contributed by atoms with Crippen molar-refractivity contribution in [3.8, 4) is 0 Å². The zero-order chi connectivity index (χ0) is 14.7. The highest BCUT2D eigenvalue weighted by molar-refractivity contribution is 5.80. The highest BCUT2D eigenvalue weighted by Crippen LogP contribution is 2.49. The van der Waals surface area contributed by atoms with Gasteiger partial charge in [0.1, 0.15) is 0 Å². The highest BCUT2D eigenvalue weighted by atomic mass is 19.4. The highest BCUT2D eigenvalue weighted by Gasteiger charge is 2.47. The lowest BCUT2D eigenvalue weighted by Crippen LogP contribution is -2.60. The summed E-state index contributed by atoms with van der Waals surface area (Å²) >= 11 is 0. The van der Waals surface area contributed by atoms with Crippen LogP contribution in [-0.4, -0.2) is 18.2 Å². The van der Waals surface area contributed by atoms with Gasteiger partial charge in [-0.2, -0.15) is 13.2 Å². The van der Waals surface area contributed by atoms with E-state index in [1.807, 2.05) is 0 Å². The van der Waals surface area contributed by atoms with Gasteiger partial charge in [0.2, 0.25) is 0 Å². The van der Waals surface area contributed by atoms with Crippen LogP contribution in [0.4, 0.5) is 13.2 Å². The number of aromatic nitrogens is 1. The fourth-order valence-corrected chi connectivity index (χ4v) is 3.72. The van der Waals surface area contributed by atoms with Crippen molar-refractivity contribution < 1.29 is 17.7 Å². The molecule has 6 heteroatoms. The summed E-state index contributed by atoms with van der Waals surface area (Å²) in [6.07, 6.45) is -1.14. The van der Waals surface area contributed by atoms with E-state index in [4.69, 9.17) is 4.52 Å². The Morgan fingerprint density at radius 3 is 2.67 bits per heavy atom. The fraction of sp³-hybridized carbons (Fsp3) is 0.533. The zero-order valence-corrected chi connectivity index (χ0v) is 11.3. The first-order valence-corrected chi connectivity index (χ1v) is 7.11. The number of alkyl halides is 3. The van der Waals surface area contributed by atoms with E-state index in [2.05, 4.69) is 10.5 Å². The Labute approximate surface area is 119 Å². The predicted octanol–water partition coefficient (Wildman–Crippen LogP) is 3.39. The molecular weight excluding hydrogens is 281 g/mol. The van der Waals surface area contributed by atoms with Crippen LogP contribution in [-0.2, 0) is 12.6 Å². The van der Waals surface area contributed by atoms with Crippen molar-refractivity contribution >= 4 is 11.0 Å². The summed E-state index contributed by atoms with van der Waals surface area (Å²) in [4.78, 5) is 0. The van der Waals surface area contributed by atoms with Crippen LogP contribution in [0.15, 0.2) is 22.7 Å². The van der Waals surface area contributed by atoms with Gasteiger partial charge in [0.15, 0.2) is 11.3 Å². The van der Waals surface area contributed by atoms with Crippen LogP contribution in [0.2, 0.25) is 0 Å². The second-order valence-electron chi connectivity index (χ2n) is 6.44. The van der Waals surface area contributed by atoms with Gasteiger partial charge in [-0.15, -0.1) is 0 Å². The molecule has 2 fully saturated rings. The second-order valence-corrected chi connectivity index (χ2v) is 6.44. The molecular formula is C15H15F3N2O. The minimum absolute atomic E-state index is 0.0412. The summed E-state index contributed by atoms with van der Waals surface area (Å²) < 4.78 is 43.0. The molecule has 0 amide bonds. The average molecular weight is 296 g/mol. The Morgan fingerprint density at radius 2 is 2.05 bits per heavy atom. The summed E-state index contributed by atoms with van der Waals surface area (Å²) in [5, 5.41) is 6.50. The van der Waals surface area contributed by atoms with E-state index in [1.54, 1.807) is 12.1 Å². The standard InChI is InChI=1S/C15H15F3N2O/c16-15(17,18)13-11-2-1-9(4-12(11)21-20-13)3-10-5-14(6-10)7-19-8-14/h1-2,4,10,19H,3,5-8H2. The summed E-state index contributed by atoms with van der Waals surface area (Å²) in [5.74, 6) is 0.634. The van der Waals surface area contributed by atoms with Crippen LogP contribution in [0.1, 0.15) is 24.1 Å². The minimum atomic E-state index is -4.47. The van der Waals surface area contributed by atoms with Crippen molar-refractivity contribution in [3.05, 3.63) is 29.5 Å². The topological polar surface area (TPSA) is 38.1 Å². The maximum absolute atomic E-state index is 12.7. The van der Waals surface area contributed by atoms with Crippen molar-refractivity contribution in [3.63, 3.8) is 0 Å². The molecule has 1 aliphatic carbocycles. The van der Waals surface area contributed by atoms with Crippen LogP contribution >= 0.6 is 0 Å². The van der Waals surface area contributed by atoms with Gasteiger partial charge in [0.25, 0.3) is 0 Å². The lowest BCUT2D eigenvalue weighted by atomic mass is 9.57. The molecule has 2 heterocycles. The van der Waals surface area contributed by atoms with Crippen LogP contribution in [0.3, 0.4) is 0 Å². The first-order valence-electron chi connectivity index (χ1n) is 7.11. The molecule has 1 aliphatic heterocycles. The second kappa shape index (κ2) is 4.22. The van der Waals surface area contributed by atoms with E-state index < -0.39 is 11.9 Å². The lowest BCUT2D eigenvalue weighted by molar-refractivity contribution is -0.141. The Hall–Kier alpha value is -1.56. The maximum atomic E-state index is 12.7. The monoisotopic (exact) mass is 296 g/mol. The molecule has 0 unspecified atom stereocenters. The smallest absolute Gasteiger partial charge is 0.356 e. The Kier molecular flexibility index (Phi) is 2.64. The fourth-order valence-electron chi connectivity index (χ4n) is 3.72. The molecule has 1 spiro atoms. The molecule has 2 aromatic rings. The van der Waals surface area contributed by atoms with Gasteiger partial charge >= 0.3 is 6.18 Å². The van der Waals surface area contributed by atoms with Crippen LogP contribution in [0.25, 0.3) is 11.0 Å². The molecule has 1 N–H and O–H groups in total. The number of benzene rings is 1. The molecule has 0 radical (unpaired) electrons. The molecule has 0 atom stereocenters. The Morgan fingerprint density at radius 1 is 1.29 bits per heavy atom. The third-order valence-corrected chi connectivity index (χ3v) is 4.77. The van der Waals surface area contributed by atoms with E-state index in [-0.39, 0.29) is 11.0 Å². The van der Waals surface area contributed by atoms with E-state index in [0.717, 1.165) is 25.1 Å².